The number of pyridine rings is 1. The maximum atomic E-state index is 13.6. The molecule has 2 heterocycles. The zero-order chi connectivity index (χ0) is 26.0. The van der Waals surface area contributed by atoms with E-state index in [1.165, 1.54) is 26.4 Å². The Kier molecular flexibility index (Phi) is 6.89. The fraction of sp³-hybridized carbons (Fsp3) is 0.269. The molecule has 0 saturated carbocycles. The average Bonchev–Trinajstić information content (AvgIpc) is 2.84. The average molecular weight is 497 g/mol. The molecule has 0 radical (unpaired) electrons. The lowest BCUT2D eigenvalue weighted by molar-refractivity contribution is 0.233. The maximum absolute atomic E-state index is 13.6. The summed E-state index contributed by atoms with van der Waals surface area (Å²) in [5, 5.41) is 13.3. The summed E-state index contributed by atoms with van der Waals surface area (Å²) >= 11 is 0. The molecule has 0 saturated heterocycles. The largest absolute Gasteiger partial charge is 0.493 e. The number of benzene rings is 2. The Balaban J connectivity index is 1.75. The van der Waals surface area contributed by atoms with Gasteiger partial charge in [-0.15, -0.1) is 0 Å². The molecule has 0 unspecified atom stereocenters. The second-order valence-electron chi connectivity index (χ2n) is 8.95. The molecule has 2 aromatic carbocycles. The van der Waals surface area contributed by atoms with Gasteiger partial charge in [0.1, 0.15) is 28.7 Å². The van der Waals surface area contributed by atoms with Crippen molar-refractivity contribution in [2.45, 2.75) is 25.8 Å². The van der Waals surface area contributed by atoms with Crippen LogP contribution in [0.25, 0.3) is 22.2 Å². The Morgan fingerprint density at radius 1 is 1.08 bits per heavy atom. The van der Waals surface area contributed by atoms with Crippen molar-refractivity contribution in [1.29, 1.82) is 0 Å². The van der Waals surface area contributed by atoms with Crippen molar-refractivity contribution in [1.82, 2.24) is 15.0 Å². The molecule has 10 heteroatoms. The number of nitrogens with one attached hydrogen (secondary N) is 2. The zero-order valence-electron chi connectivity index (χ0n) is 20.3. The Hall–Kier alpha value is -4.05. The number of methoxy groups -OCH3 is 2. The molecular weight excluding hydrogens is 470 g/mol. The number of hydrogen-bond acceptors (Lipinski definition) is 7. The first-order valence-electron chi connectivity index (χ1n) is 11.1. The lowest BCUT2D eigenvalue weighted by Crippen LogP contribution is -2.35. The van der Waals surface area contributed by atoms with Crippen LogP contribution in [-0.4, -0.2) is 46.4 Å². The van der Waals surface area contributed by atoms with Crippen LogP contribution in [0.3, 0.4) is 0 Å². The minimum absolute atomic E-state index is 0.182. The van der Waals surface area contributed by atoms with Gasteiger partial charge in [0, 0.05) is 24.2 Å². The van der Waals surface area contributed by atoms with Crippen LogP contribution in [0.2, 0.25) is 0 Å². The molecule has 0 aliphatic carbocycles. The van der Waals surface area contributed by atoms with Gasteiger partial charge in [-0.1, -0.05) is 6.07 Å². The van der Waals surface area contributed by atoms with Gasteiger partial charge in [-0.05, 0) is 43.7 Å². The minimum Gasteiger partial charge on any atom is -0.493 e. The van der Waals surface area contributed by atoms with Crippen molar-refractivity contribution in [3.05, 3.63) is 76.0 Å². The summed E-state index contributed by atoms with van der Waals surface area (Å²) in [4.78, 5) is 24.8. The summed E-state index contributed by atoms with van der Waals surface area (Å²) < 4.78 is 38.1. The monoisotopic (exact) mass is 496 g/mol. The number of aliphatic hydroxyl groups is 1. The van der Waals surface area contributed by atoms with E-state index in [1.54, 1.807) is 38.2 Å². The summed E-state index contributed by atoms with van der Waals surface area (Å²) in [7, 11) is 2.95. The first-order chi connectivity index (χ1) is 17.1. The van der Waals surface area contributed by atoms with Crippen LogP contribution in [-0.2, 0) is 6.42 Å². The highest BCUT2D eigenvalue weighted by atomic mass is 19.1. The van der Waals surface area contributed by atoms with Gasteiger partial charge in [-0.3, -0.25) is 9.78 Å². The highest BCUT2D eigenvalue weighted by Crippen LogP contribution is 2.41. The Morgan fingerprint density at radius 2 is 1.81 bits per heavy atom. The standard InChI is InChI=1S/C26H26F2N4O4/c1-26(2,13-33)32-23-22-18(11-20(35-3)24(23)36-4)25(34)31-21(30-22)7-14-5-6-19(29-12-14)15-8-16(27)10-17(28)9-15/h5-6,8-12,32-33H,7,13H2,1-4H3,(H,30,31,34). The summed E-state index contributed by atoms with van der Waals surface area (Å²) in [6.07, 6.45) is 1.80. The Morgan fingerprint density at radius 3 is 2.39 bits per heavy atom. The Bertz CT molecular complexity index is 1450. The summed E-state index contributed by atoms with van der Waals surface area (Å²) in [5.74, 6) is -0.306. The molecule has 0 aliphatic heterocycles. The van der Waals surface area contributed by atoms with E-state index in [0.29, 0.717) is 39.8 Å². The molecule has 0 amide bonds. The number of fused-ring (bicyclic) bond motifs is 1. The molecular formula is C26H26F2N4O4. The third-order valence-corrected chi connectivity index (χ3v) is 5.60. The van der Waals surface area contributed by atoms with E-state index < -0.39 is 17.2 Å². The van der Waals surface area contributed by atoms with Crippen molar-refractivity contribution < 1.29 is 23.4 Å². The van der Waals surface area contributed by atoms with Gasteiger partial charge in [0.15, 0.2) is 11.5 Å². The molecule has 8 nitrogen and oxygen atoms in total. The van der Waals surface area contributed by atoms with E-state index in [-0.39, 0.29) is 24.0 Å². The number of aromatic nitrogens is 3. The van der Waals surface area contributed by atoms with Gasteiger partial charge in [-0.25, -0.2) is 13.8 Å². The van der Waals surface area contributed by atoms with Gasteiger partial charge in [0.05, 0.1) is 37.4 Å². The number of ether oxygens (including phenoxy) is 2. The maximum Gasteiger partial charge on any atom is 0.258 e. The highest BCUT2D eigenvalue weighted by Gasteiger charge is 2.24. The third kappa shape index (κ3) is 5.13. The fourth-order valence-electron chi connectivity index (χ4n) is 3.81. The molecule has 2 aromatic heterocycles. The molecule has 0 aliphatic rings. The first-order valence-corrected chi connectivity index (χ1v) is 11.1. The van der Waals surface area contributed by atoms with Gasteiger partial charge >= 0.3 is 0 Å². The van der Waals surface area contributed by atoms with Gasteiger partial charge in [0.2, 0.25) is 0 Å². The molecule has 188 valence electrons. The molecule has 0 atom stereocenters. The number of aliphatic hydroxyl groups excluding tert-OH is 1. The number of nitrogens with zero attached hydrogens (tertiary/aromatic N) is 2. The van der Waals surface area contributed by atoms with Crippen molar-refractivity contribution in [2.24, 2.45) is 0 Å². The molecule has 0 fully saturated rings. The summed E-state index contributed by atoms with van der Waals surface area (Å²) in [6, 6.07) is 8.16. The van der Waals surface area contributed by atoms with E-state index in [2.05, 4.69) is 20.3 Å². The van der Waals surface area contributed by atoms with Gasteiger partial charge in [-0.2, -0.15) is 0 Å². The SMILES string of the molecule is COc1cc2c(=O)[nH]c(Cc3ccc(-c4cc(F)cc(F)c4)nc3)nc2c(NC(C)(C)CO)c1OC. The molecule has 0 bridgehead atoms. The fourth-order valence-corrected chi connectivity index (χ4v) is 3.81. The van der Waals surface area contributed by atoms with Crippen LogP contribution < -0.4 is 20.3 Å². The summed E-state index contributed by atoms with van der Waals surface area (Å²) in [5.41, 5.74) is 1.11. The van der Waals surface area contributed by atoms with Crippen LogP contribution >= 0.6 is 0 Å². The molecule has 4 rings (SSSR count). The van der Waals surface area contributed by atoms with E-state index >= 15 is 0 Å². The topological polar surface area (TPSA) is 109 Å². The van der Waals surface area contributed by atoms with Crippen molar-refractivity contribution in [3.63, 3.8) is 0 Å². The van der Waals surface area contributed by atoms with E-state index in [1.807, 2.05) is 0 Å². The van der Waals surface area contributed by atoms with Crippen molar-refractivity contribution in [3.8, 4) is 22.8 Å². The number of anilines is 1. The van der Waals surface area contributed by atoms with Crippen LogP contribution in [0.5, 0.6) is 11.5 Å². The van der Waals surface area contributed by atoms with Crippen molar-refractivity contribution in [2.75, 3.05) is 26.1 Å². The predicted molar refractivity (Wildman–Crippen MR) is 133 cm³/mol. The number of halogens is 2. The lowest BCUT2D eigenvalue weighted by Gasteiger charge is -2.27. The molecule has 4 aromatic rings. The van der Waals surface area contributed by atoms with Gasteiger partial charge in [0.25, 0.3) is 5.56 Å². The van der Waals surface area contributed by atoms with Crippen LogP contribution in [0.4, 0.5) is 14.5 Å². The second kappa shape index (κ2) is 9.90. The Labute approximate surface area is 206 Å². The highest BCUT2D eigenvalue weighted by molar-refractivity contribution is 5.96. The number of H-pyrrole nitrogens is 1. The van der Waals surface area contributed by atoms with Gasteiger partial charge < -0.3 is 24.9 Å². The number of rotatable bonds is 8. The van der Waals surface area contributed by atoms with E-state index in [9.17, 15) is 18.7 Å². The smallest absolute Gasteiger partial charge is 0.258 e. The van der Waals surface area contributed by atoms with Crippen LogP contribution in [0.1, 0.15) is 25.2 Å². The number of aromatic amines is 1. The second-order valence-corrected chi connectivity index (χ2v) is 8.95. The first kappa shape index (κ1) is 25.1. The van der Waals surface area contributed by atoms with Crippen molar-refractivity contribution >= 4 is 16.6 Å². The van der Waals surface area contributed by atoms with E-state index in [0.717, 1.165) is 11.6 Å². The molecule has 36 heavy (non-hydrogen) atoms. The number of hydrogen-bond donors (Lipinski definition) is 3. The summed E-state index contributed by atoms with van der Waals surface area (Å²) in [6.45, 7) is 3.41. The third-order valence-electron chi connectivity index (χ3n) is 5.60. The molecule has 3 N–H and O–H groups in total. The predicted octanol–water partition coefficient (Wildman–Crippen LogP) is 4.05. The quantitative estimate of drug-likeness (QED) is 0.338. The minimum atomic E-state index is -0.743. The zero-order valence-corrected chi connectivity index (χ0v) is 20.3. The normalized spacial score (nSPS) is 11.5. The van der Waals surface area contributed by atoms with E-state index in [4.69, 9.17) is 9.47 Å². The van der Waals surface area contributed by atoms with Crippen LogP contribution in [0.15, 0.2) is 47.4 Å². The molecule has 0 spiro atoms. The van der Waals surface area contributed by atoms with Crippen LogP contribution in [0, 0.1) is 11.6 Å². The lowest BCUT2D eigenvalue weighted by atomic mass is 10.0.